The van der Waals surface area contributed by atoms with Crippen LogP contribution in [0.2, 0.25) is 0 Å². The van der Waals surface area contributed by atoms with Crippen LogP contribution in [0.1, 0.15) is 0 Å². The van der Waals surface area contributed by atoms with Crippen molar-refractivity contribution in [3.63, 3.8) is 0 Å². The number of benzene rings is 5. The molecule has 0 atom stereocenters. The van der Waals surface area contributed by atoms with Crippen LogP contribution in [0.25, 0.3) is 33.6 Å². The summed E-state index contributed by atoms with van der Waals surface area (Å²) in [4.78, 5) is 29.0. The van der Waals surface area contributed by atoms with E-state index in [0.717, 1.165) is 39.3 Å². The number of nitrogens with zero attached hydrogens (tertiary/aromatic N) is 2. The molecular formula is C39H30N2O6. The molecule has 2 N–H and O–H groups in total. The molecule has 0 aliphatic carbocycles. The van der Waals surface area contributed by atoms with Crippen molar-refractivity contribution in [2.45, 2.75) is 0 Å². The van der Waals surface area contributed by atoms with Crippen molar-refractivity contribution in [1.82, 2.24) is 4.98 Å². The van der Waals surface area contributed by atoms with Crippen LogP contribution in [0, 0.1) is 0 Å². The maximum absolute atomic E-state index is 10.9. The van der Waals surface area contributed by atoms with Crippen molar-refractivity contribution in [2.75, 3.05) is 18.1 Å². The molecule has 0 saturated carbocycles. The molecule has 8 heteroatoms. The molecule has 5 aromatic carbocycles. The fraction of sp³-hybridized carbons (Fsp3) is 0.0513. The predicted molar refractivity (Wildman–Crippen MR) is 181 cm³/mol. The highest BCUT2D eigenvalue weighted by atomic mass is 16.5. The van der Waals surface area contributed by atoms with E-state index in [2.05, 4.69) is 53.4 Å². The van der Waals surface area contributed by atoms with Crippen LogP contribution in [0.15, 0.2) is 146 Å². The summed E-state index contributed by atoms with van der Waals surface area (Å²) in [5.41, 5.74) is 8.12. The van der Waals surface area contributed by atoms with Gasteiger partial charge in [0.1, 0.15) is 11.5 Å². The van der Waals surface area contributed by atoms with E-state index in [-0.39, 0.29) is 0 Å². The molecular weight excluding hydrogens is 592 g/mol. The van der Waals surface area contributed by atoms with E-state index in [9.17, 15) is 9.59 Å². The van der Waals surface area contributed by atoms with Crippen LogP contribution in [-0.4, -0.2) is 40.3 Å². The highest BCUT2D eigenvalue weighted by molar-refractivity contribution is 5.81. The van der Waals surface area contributed by atoms with E-state index in [4.69, 9.17) is 24.7 Å². The maximum atomic E-state index is 10.9. The van der Waals surface area contributed by atoms with Gasteiger partial charge in [-0.05, 0) is 108 Å². The van der Waals surface area contributed by atoms with Crippen LogP contribution in [-0.2, 0) is 9.59 Å². The Morgan fingerprint density at radius 2 is 0.872 bits per heavy atom. The predicted octanol–water partition coefficient (Wildman–Crippen LogP) is 8.48. The third kappa shape index (κ3) is 7.64. The lowest BCUT2D eigenvalue weighted by atomic mass is 9.99. The molecule has 232 valence electrons. The van der Waals surface area contributed by atoms with Gasteiger partial charge in [0.05, 0.1) is 11.4 Å². The fourth-order valence-electron chi connectivity index (χ4n) is 5.13. The summed E-state index contributed by atoms with van der Waals surface area (Å²) in [7, 11) is 0. The molecule has 0 spiro atoms. The first-order valence-electron chi connectivity index (χ1n) is 14.9. The Labute approximate surface area is 271 Å². The highest BCUT2D eigenvalue weighted by Gasteiger charge is 2.14. The Morgan fingerprint density at radius 1 is 0.489 bits per heavy atom. The van der Waals surface area contributed by atoms with Gasteiger partial charge in [-0.15, -0.1) is 0 Å². The second kappa shape index (κ2) is 14.1. The number of aliphatic carboxylic acids is 2. The van der Waals surface area contributed by atoms with Crippen molar-refractivity contribution in [1.29, 1.82) is 0 Å². The molecule has 0 aliphatic rings. The minimum Gasteiger partial charge on any atom is -0.482 e. The zero-order valence-corrected chi connectivity index (χ0v) is 25.2. The van der Waals surface area contributed by atoms with Crippen LogP contribution < -0.4 is 14.4 Å². The molecule has 47 heavy (non-hydrogen) atoms. The lowest BCUT2D eigenvalue weighted by Crippen LogP contribution is -2.09. The minimum atomic E-state index is -1.05. The van der Waals surface area contributed by atoms with Gasteiger partial charge in [0.2, 0.25) is 0 Å². The van der Waals surface area contributed by atoms with Crippen molar-refractivity contribution in [2.24, 2.45) is 0 Å². The van der Waals surface area contributed by atoms with Gasteiger partial charge in [-0.3, -0.25) is 0 Å². The number of ether oxygens (including phenoxy) is 2. The quantitative estimate of drug-likeness (QED) is 0.140. The van der Waals surface area contributed by atoms with Crippen LogP contribution in [0.4, 0.5) is 17.1 Å². The average molecular weight is 623 g/mol. The molecule has 6 aromatic rings. The number of hydrogen-bond donors (Lipinski definition) is 2. The third-order valence-electron chi connectivity index (χ3n) is 7.34. The minimum absolute atomic E-state index is 0.425. The van der Waals surface area contributed by atoms with Crippen molar-refractivity contribution < 1.29 is 29.3 Å². The molecule has 0 fully saturated rings. The summed E-state index contributed by atoms with van der Waals surface area (Å²) >= 11 is 0. The van der Waals surface area contributed by atoms with Gasteiger partial charge >= 0.3 is 11.9 Å². The Bertz CT molecular complexity index is 1840. The van der Waals surface area contributed by atoms with E-state index >= 15 is 0 Å². The SMILES string of the molecule is O=C(O)COc1ccc(-c2cc(-c3ccc(N(c4ccccc4)c4ccccc4)cc3)cc(-c3ccc(OCC(=O)O)cc3)n2)cc1. The number of anilines is 3. The fourth-order valence-corrected chi connectivity index (χ4v) is 5.13. The van der Waals surface area contributed by atoms with E-state index < -0.39 is 25.2 Å². The van der Waals surface area contributed by atoms with E-state index in [1.54, 1.807) is 24.3 Å². The number of aromatic nitrogens is 1. The molecule has 0 bridgehead atoms. The van der Waals surface area contributed by atoms with Gasteiger partial charge in [0, 0.05) is 28.2 Å². The second-order valence-corrected chi connectivity index (χ2v) is 10.6. The van der Waals surface area contributed by atoms with E-state index in [1.807, 2.05) is 72.8 Å². The molecule has 8 nitrogen and oxygen atoms in total. The summed E-state index contributed by atoms with van der Waals surface area (Å²) in [5, 5.41) is 17.9. The summed E-state index contributed by atoms with van der Waals surface area (Å²) < 4.78 is 10.6. The lowest BCUT2D eigenvalue weighted by Gasteiger charge is -2.25. The number of para-hydroxylation sites is 2. The average Bonchev–Trinajstić information content (AvgIpc) is 3.11. The Morgan fingerprint density at radius 3 is 1.28 bits per heavy atom. The first-order chi connectivity index (χ1) is 22.9. The molecule has 0 unspecified atom stereocenters. The summed E-state index contributed by atoms with van der Waals surface area (Å²) in [5.74, 6) is -1.20. The standard InChI is InChI=1S/C39H30N2O6/c42-38(43)25-46-34-19-13-28(14-20-34)36-23-30(24-37(40-36)29-15-21-35(22-16-29)47-26-39(44)45)27-11-17-33(18-12-27)41(31-7-3-1-4-8-31)32-9-5-2-6-10-32/h1-24H,25-26H2,(H,42,43)(H,44,45). The van der Waals surface area contributed by atoms with Crippen LogP contribution in [0.5, 0.6) is 11.5 Å². The number of carboxylic acids is 2. The second-order valence-electron chi connectivity index (χ2n) is 10.6. The van der Waals surface area contributed by atoms with Crippen molar-refractivity contribution in [3.05, 3.63) is 146 Å². The van der Waals surface area contributed by atoms with Gasteiger partial charge in [-0.1, -0.05) is 48.5 Å². The van der Waals surface area contributed by atoms with Gasteiger partial charge in [-0.25, -0.2) is 14.6 Å². The van der Waals surface area contributed by atoms with Gasteiger partial charge in [-0.2, -0.15) is 0 Å². The zero-order chi connectivity index (χ0) is 32.6. The van der Waals surface area contributed by atoms with Gasteiger partial charge in [0.25, 0.3) is 0 Å². The summed E-state index contributed by atoms with van der Waals surface area (Å²) in [6, 6.07) is 47.1. The van der Waals surface area contributed by atoms with Gasteiger partial charge < -0.3 is 24.6 Å². The largest absolute Gasteiger partial charge is 0.482 e. The summed E-state index contributed by atoms with van der Waals surface area (Å²) in [6.07, 6.45) is 0. The smallest absolute Gasteiger partial charge is 0.341 e. The monoisotopic (exact) mass is 622 g/mol. The number of pyridine rings is 1. The number of hydrogen-bond acceptors (Lipinski definition) is 6. The van der Waals surface area contributed by atoms with Crippen molar-refractivity contribution >= 4 is 29.0 Å². The Hall–Kier alpha value is -6.41. The number of rotatable bonds is 12. The molecule has 0 amide bonds. The zero-order valence-electron chi connectivity index (χ0n) is 25.2. The van der Waals surface area contributed by atoms with Crippen LogP contribution in [0.3, 0.4) is 0 Å². The van der Waals surface area contributed by atoms with E-state index in [0.29, 0.717) is 22.9 Å². The highest BCUT2D eigenvalue weighted by Crippen LogP contribution is 2.37. The Kier molecular flexibility index (Phi) is 9.20. The molecule has 0 aliphatic heterocycles. The maximum Gasteiger partial charge on any atom is 0.341 e. The van der Waals surface area contributed by atoms with Crippen LogP contribution >= 0.6 is 0 Å². The lowest BCUT2D eigenvalue weighted by molar-refractivity contribution is -0.140. The van der Waals surface area contributed by atoms with E-state index in [1.165, 1.54) is 0 Å². The third-order valence-corrected chi connectivity index (χ3v) is 7.34. The first-order valence-corrected chi connectivity index (χ1v) is 14.9. The topological polar surface area (TPSA) is 109 Å². The normalized spacial score (nSPS) is 10.6. The van der Waals surface area contributed by atoms with Crippen molar-refractivity contribution in [3.8, 4) is 45.1 Å². The first kappa shape index (κ1) is 30.6. The van der Waals surface area contributed by atoms with Gasteiger partial charge in [0.15, 0.2) is 13.2 Å². The molecule has 1 heterocycles. The Balaban J connectivity index is 1.37. The molecule has 0 radical (unpaired) electrons. The molecule has 0 saturated heterocycles. The number of carbonyl (C=O) groups is 2. The molecule has 6 rings (SSSR count). The summed E-state index contributed by atoms with van der Waals surface area (Å²) in [6.45, 7) is -0.850. The number of carboxylic acid groups (broad SMARTS) is 2. The molecule has 1 aromatic heterocycles.